The first-order chi connectivity index (χ1) is 9.37. The molecule has 2 atom stereocenters. The van der Waals surface area contributed by atoms with E-state index in [2.05, 4.69) is 50.9 Å². The van der Waals surface area contributed by atoms with Crippen molar-refractivity contribution < 1.29 is 0 Å². The predicted octanol–water partition coefficient (Wildman–Crippen LogP) is 4.70. The summed E-state index contributed by atoms with van der Waals surface area (Å²) in [5.74, 6) is 0.622. The van der Waals surface area contributed by atoms with Crippen molar-refractivity contribution in [3.63, 3.8) is 0 Å². The monoisotopic (exact) mass is 270 g/mol. The molecule has 0 spiro atoms. The molecule has 0 fully saturated rings. The van der Waals surface area contributed by atoms with E-state index >= 15 is 0 Å². The molecular formula is C18H26N2. The molecule has 0 bridgehead atoms. The minimum Gasteiger partial charge on any atom is -0.324 e. The van der Waals surface area contributed by atoms with Crippen LogP contribution in [0, 0.1) is 11.3 Å². The summed E-state index contributed by atoms with van der Waals surface area (Å²) in [6.07, 6.45) is 5.98. The number of aromatic nitrogens is 1. The topological polar surface area (TPSA) is 38.9 Å². The molecule has 2 unspecified atom stereocenters. The molecule has 2 N–H and O–H groups in total. The normalized spacial score (nSPS) is 15.2. The molecule has 0 amide bonds. The van der Waals surface area contributed by atoms with E-state index in [0.29, 0.717) is 11.3 Å². The largest absolute Gasteiger partial charge is 0.324 e. The Labute approximate surface area is 122 Å². The third-order valence-corrected chi connectivity index (χ3v) is 3.73. The predicted molar refractivity (Wildman–Crippen MR) is 86.5 cm³/mol. The average Bonchev–Trinajstić information content (AvgIpc) is 2.35. The van der Waals surface area contributed by atoms with Gasteiger partial charge in [0.25, 0.3) is 0 Å². The van der Waals surface area contributed by atoms with Crippen molar-refractivity contribution in [2.75, 3.05) is 0 Å². The van der Waals surface area contributed by atoms with Gasteiger partial charge in [0.2, 0.25) is 0 Å². The fraction of sp³-hybridized carbons (Fsp3) is 0.500. The molecule has 2 aromatic rings. The zero-order chi connectivity index (χ0) is 14.8. The molecule has 20 heavy (non-hydrogen) atoms. The van der Waals surface area contributed by atoms with Gasteiger partial charge in [-0.3, -0.25) is 4.98 Å². The molecule has 1 heterocycles. The van der Waals surface area contributed by atoms with Gasteiger partial charge in [-0.15, -0.1) is 0 Å². The Morgan fingerprint density at radius 3 is 2.65 bits per heavy atom. The first-order valence-corrected chi connectivity index (χ1v) is 7.45. The van der Waals surface area contributed by atoms with E-state index < -0.39 is 0 Å². The second-order valence-electron chi connectivity index (χ2n) is 7.16. The molecular weight excluding hydrogens is 244 g/mol. The van der Waals surface area contributed by atoms with Gasteiger partial charge in [-0.2, -0.15) is 0 Å². The quantitative estimate of drug-likeness (QED) is 0.874. The number of fused-ring (bicyclic) bond motifs is 1. The van der Waals surface area contributed by atoms with Crippen molar-refractivity contribution in [3.8, 4) is 0 Å². The molecule has 0 saturated heterocycles. The van der Waals surface area contributed by atoms with Gasteiger partial charge in [0.05, 0.1) is 0 Å². The summed E-state index contributed by atoms with van der Waals surface area (Å²) in [6, 6.07) is 8.47. The second-order valence-corrected chi connectivity index (χ2v) is 7.16. The van der Waals surface area contributed by atoms with Crippen LogP contribution in [0.2, 0.25) is 0 Å². The van der Waals surface area contributed by atoms with Gasteiger partial charge in [0, 0.05) is 23.8 Å². The lowest BCUT2D eigenvalue weighted by Gasteiger charge is -2.25. The minimum atomic E-state index is 0.0836. The molecule has 1 aromatic carbocycles. The van der Waals surface area contributed by atoms with Gasteiger partial charge in [0.1, 0.15) is 0 Å². The summed E-state index contributed by atoms with van der Waals surface area (Å²) >= 11 is 0. The molecule has 1 aromatic heterocycles. The van der Waals surface area contributed by atoms with Gasteiger partial charge < -0.3 is 5.73 Å². The SMILES string of the molecule is CC(CC(N)c1cccc2ccncc12)CC(C)(C)C. The van der Waals surface area contributed by atoms with Crippen molar-refractivity contribution in [3.05, 3.63) is 42.2 Å². The van der Waals surface area contributed by atoms with E-state index in [1.807, 2.05) is 18.5 Å². The molecule has 108 valence electrons. The first-order valence-electron chi connectivity index (χ1n) is 7.45. The van der Waals surface area contributed by atoms with Crippen LogP contribution in [0.4, 0.5) is 0 Å². The third-order valence-electron chi connectivity index (χ3n) is 3.73. The molecule has 2 nitrogen and oxygen atoms in total. The lowest BCUT2D eigenvalue weighted by Crippen LogP contribution is -2.18. The van der Waals surface area contributed by atoms with Gasteiger partial charge in [0.15, 0.2) is 0 Å². The van der Waals surface area contributed by atoms with Gasteiger partial charge >= 0.3 is 0 Å². The van der Waals surface area contributed by atoms with Crippen LogP contribution in [0.1, 0.15) is 52.1 Å². The fourth-order valence-electron chi connectivity index (χ4n) is 3.15. The van der Waals surface area contributed by atoms with Crippen LogP contribution in [-0.4, -0.2) is 4.98 Å². The van der Waals surface area contributed by atoms with Crippen molar-refractivity contribution >= 4 is 10.8 Å². The van der Waals surface area contributed by atoms with Crippen LogP contribution in [-0.2, 0) is 0 Å². The number of nitrogens with zero attached hydrogens (tertiary/aromatic N) is 1. The van der Waals surface area contributed by atoms with E-state index in [1.165, 1.54) is 22.8 Å². The third kappa shape index (κ3) is 3.80. The Kier molecular flexibility index (Phi) is 4.44. The average molecular weight is 270 g/mol. The summed E-state index contributed by atoms with van der Waals surface area (Å²) in [5, 5.41) is 2.40. The minimum absolute atomic E-state index is 0.0836. The Balaban J connectivity index is 2.17. The van der Waals surface area contributed by atoms with Crippen molar-refractivity contribution in [2.45, 2.75) is 46.6 Å². The molecule has 0 aliphatic carbocycles. The van der Waals surface area contributed by atoms with E-state index in [0.717, 1.165) is 6.42 Å². The highest BCUT2D eigenvalue weighted by Crippen LogP contribution is 2.31. The van der Waals surface area contributed by atoms with Crippen LogP contribution in [0.3, 0.4) is 0 Å². The molecule has 0 aliphatic rings. The van der Waals surface area contributed by atoms with E-state index in [9.17, 15) is 0 Å². The van der Waals surface area contributed by atoms with Crippen LogP contribution < -0.4 is 5.73 Å². The number of nitrogens with two attached hydrogens (primary N) is 1. The van der Waals surface area contributed by atoms with E-state index in [-0.39, 0.29) is 6.04 Å². The molecule has 2 rings (SSSR count). The Morgan fingerprint density at radius 1 is 1.20 bits per heavy atom. The van der Waals surface area contributed by atoms with Crippen LogP contribution in [0.25, 0.3) is 10.8 Å². The van der Waals surface area contributed by atoms with Gasteiger partial charge in [-0.05, 0) is 41.2 Å². The number of hydrogen-bond acceptors (Lipinski definition) is 2. The Morgan fingerprint density at radius 2 is 1.95 bits per heavy atom. The summed E-state index contributed by atoms with van der Waals surface area (Å²) < 4.78 is 0. The smallest absolute Gasteiger partial charge is 0.0349 e. The highest BCUT2D eigenvalue weighted by atomic mass is 14.6. The van der Waals surface area contributed by atoms with Crippen molar-refractivity contribution in [1.29, 1.82) is 0 Å². The summed E-state index contributed by atoms with van der Waals surface area (Å²) in [7, 11) is 0. The summed E-state index contributed by atoms with van der Waals surface area (Å²) in [6.45, 7) is 9.17. The van der Waals surface area contributed by atoms with Crippen LogP contribution in [0.5, 0.6) is 0 Å². The molecule has 0 radical (unpaired) electrons. The van der Waals surface area contributed by atoms with Crippen LogP contribution >= 0.6 is 0 Å². The Bertz CT molecular complexity index is 564. The molecule has 0 saturated carbocycles. The number of hydrogen-bond donors (Lipinski definition) is 1. The number of pyridine rings is 1. The maximum atomic E-state index is 6.45. The molecule has 0 aliphatic heterocycles. The Hall–Kier alpha value is -1.41. The van der Waals surface area contributed by atoms with Gasteiger partial charge in [-0.25, -0.2) is 0 Å². The first kappa shape index (κ1) is 15.0. The van der Waals surface area contributed by atoms with Gasteiger partial charge in [-0.1, -0.05) is 45.9 Å². The summed E-state index contributed by atoms with van der Waals surface area (Å²) in [5.41, 5.74) is 8.03. The van der Waals surface area contributed by atoms with Crippen molar-refractivity contribution in [2.24, 2.45) is 17.1 Å². The zero-order valence-corrected chi connectivity index (χ0v) is 13.1. The molecule has 2 heteroatoms. The maximum Gasteiger partial charge on any atom is 0.0349 e. The van der Waals surface area contributed by atoms with Crippen molar-refractivity contribution in [1.82, 2.24) is 4.98 Å². The fourth-order valence-corrected chi connectivity index (χ4v) is 3.15. The van der Waals surface area contributed by atoms with Crippen LogP contribution in [0.15, 0.2) is 36.7 Å². The number of rotatable bonds is 4. The standard InChI is InChI=1S/C18H26N2/c1-13(11-18(2,3)4)10-17(19)15-7-5-6-14-8-9-20-12-16(14)15/h5-9,12-13,17H,10-11,19H2,1-4H3. The number of benzene rings is 1. The van der Waals surface area contributed by atoms with E-state index in [4.69, 9.17) is 5.73 Å². The lowest BCUT2D eigenvalue weighted by atomic mass is 9.82. The maximum absolute atomic E-state index is 6.45. The zero-order valence-electron chi connectivity index (χ0n) is 13.1. The second kappa shape index (κ2) is 5.92. The summed E-state index contributed by atoms with van der Waals surface area (Å²) in [4.78, 5) is 4.24. The highest BCUT2D eigenvalue weighted by Gasteiger charge is 2.19. The highest BCUT2D eigenvalue weighted by molar-refractivity contribution is 5.85. The lowest BCUT2D eigenvalue weighted by molar-refractivity contribution is 0.286. The van der Waals surface area contributed by atoms with E-state index in [1.54, 1.807) is 0 Å².